The Hall–Kier alpha value is -3.31. The van der Waals surface area contributed by atoms with E-state index in [1.54, 1.807) is 11.8 Å². The van der Waals surface area contributed by atoms with Crippen LogP contribution in [-0.4, -0.2) is 22.0 Å². The van der Waals surface area contributed by atoms with Crippen molar-refractivity contribution in [2.24, 2.45) is 10.2 Å². The van der Waals surface area contributed by atoms with Crippen LogP contribution in [0.25, 0.3) is 27.8 Å². The van der Waals surface area contributed by atoms with Crippen LogP contribution in [0.4, 0.5) is 5.69 Å². The Morgan fingerprint density at radius 1 is 0.833 bits per heavy atom. The molecule has 0 aliphatic carbocycles. The minimum absolute atomic E-state index is 0.0348. The van der Waals surface area contributed by atoms with Gasteiger partial charge in [-0.1, -0.05) is 78.5 Å². The number of allylic oxidation sites excluding steroid dienone is 1. The SMILES string of the molecule is CC1=CSC(N=Nc2c(-c3ccccc3)n(-c3ccccc3)c3ccccc23)N1C. The summed E-state index contributed by atoms with van der Waals surface area (Å²) in [6.45, 7) is 2.10. The fraction of sp³-hybridized carbons (Fsp3) is 0.120. The van der Waals surface area contributed by atoms with E-state index in [9.17, 15) is 0 Å². The van der Waals surface area contributed by atoms with Gasteiger partial charge in [0.2, 0.25) is 0 Å². The molecule has 1 aliphatic rings. The fourth-order valence-electron chi connectivity index (χ4n) is 3.75. The largest absolute Gasteiger partial charge is 0.346 e. The summed E-state index contributed by atoms with van der Waals surface area (Å²) < 4.78 is 2.29. The molecule has 30 heavy (non-hydrogen) atoms. The zero-order chi connectivity index (χ0) is 20.5. The van der Waals surface area contributed by atoms with Gasteiger partial charge in [0.25, 0.3) is 0 Å². The molecule has 5 rings (SSSR count). The van der Waals surface area contributed by atoms with Crippen LogP contribution in [0.15, 0.2) is 106 Å². The molecule has 4 nitrogen and oxygen atoms in total. The van der Waals surface area contributed by atoms with Gasteiger partial charge < -0.3 is 9.47 Å². The van der Waals surface area contributed by atoms with Crippen molar-refractivity contribution in [2.45, 2.75) is 12.4 Å². The van der Waals surface area contributed by atoms with Crippen molar-refractivity contribution < 1.29 is 0 Å². The van der Waals surface area contributed by atoms with E-state index in [0.717, 1.165) is 33.5 Å². The zero-order valence-electron chi connectivity index (χ0n) is 16.9. The zero-order valence-corrected chi connectivity index (χ0v) is 17.8. The van der Waals surface area contributed by atoms with Crippen molar-refractivity contribution in [3.05, 3.63) is 96.0 Å². The van der Waals surface area contributed by atoms with Crippen molar-refractivity contribution in [2.75, 3.05) is 7.05 Å². The van der Waals surface area contributed by atoms with E-state index < -0.39 is 0 Å². The Morgan fingerprint density at radius 2 is 1.50 bits per heavy atom. The fourth-order valence-corrected chi connectivity index (χ4v) is 4.69. The number of aromatic nitrogens is 1. The van der Waals surface area contributed by atoms with Gasteiger partial charge in [-0.05, 0) is 30.5 Å². The van der Waals surface area contributed by atoms with Crippen molar-refractivity contribution in [3.8, 4) is 16.9 Å². The summed E-state index contributed by atoms with van der Waals surface area (Å²) in [5.74, 6) is 0. The molecule has 1 atom stereocenters. The quantitative estimate of drug-likeness (QED) is 0.333. The van der Waals surface area contributed by atoms with E-state index in [1.165, 1.54) is 5.70 Å². The third-order valence-electron chi connectivity index (χ3n) is 5.41. The van der Waals surface area contributed by atoms with Crippen molar-refractivity contribution in [3.63, 3.8) is 0 Å². The summed E-state index contributed by atoms with van der Waals surface area (Å²) in [5.41, 5.74) is 6.48. The van der Waals surface area contributed by atoms with Gasteiger partial charge in [0, 0.05) is 29.4 Å². The Balaban J connectivity index is 1.76. The number of azo groups is 1. The van der Waals surface area contributed by atoms with Crippen LogP contribution >= 0.6 is 11.8 Å². The maximum absolute atomic E-state index is 4.83. The molecule has 0 N–H and O–H groups in total. The smallest absolute Gasteiger partial charge is 0.193 e. The average molecular weight is 411 g/mol. The first-order chi connectivity index (χ1) is 14.7. The predicted octanol–water partition coefficient (Wildman–Crippen LogP) is 7.20. The molecule has 0 saturated carbocycles. The second-order valence-corrected chi connectivity index (χ2v) is 8.23. The lowest BCUT2D eigenvalue weighted by atomic mass is 10.1. The van der Waals surface area contributed by atoms with Gasteiger partial charge in [-0.15, -0.1) is 0 Å². The molecule has 0 bridgehead atoms. The van der Waals surface area contributed by atoms with E-state index in [4.69, 9.17) is 10.2 Å². The number of hydrogen-bond acceptors (Lipinski definition) is 4. The monoisotopic (exact) mass is 410 g/mol. The van der Waals surface area contributed by atoms with Gasteiger partial charge in [-0.2, -0.15) is 10.2 Å². The number of para-hydroxylation sites is 2. The van der Waals surface area contributed by atoms with E-state index in [0.29, 0.717) is 0 Å². The Kier molecular flexibility index (Phi) is 4.89. The van der Waals surface area contributed by atoms with Crippen LogP contribution in [0, 0.1) is 0 Å². The van der Waals surface area contributed by atoms with Gasteiger partial charge in [0.05, 0.1) is 11.2 Å². The molecule has 1 unspecified atom stereocenters. The molecule has 0 amide bonds. The predicted molar refractivity (Wildman–Crippen MR) is 126 cm³/mol. The molecule has 0 radical (unpaired) electrons. The molecular weight excluding hydrogens is 388 g/mol. The third kappa shape index (κ3) is 3.21. The first kappa shape index (κ1) is 18.7. The maximum Gasteiger partial charge on any atom is 0.193 e. The van der Waals surface area contributed by atoms with Crippen molar-refractivity contribution >= 4 is 28.4 Å². The number of rotatable bonds is 4. The Labute approximate surface area is 180 Å². The van der Waals surface area contributed by atoms with Crippen molar-refractivity contribution in [1.29, 1.82) is 0 Å². The van der Waals surface area contributed by atoms with E-state index in [-0.39, 0.29) is 5.50 Å². The van der Waals surface area contributed by atoms with Crippen molar-refractivity contribution in [1.82, 2.24) is 9.47 Å². The molecule has 148 valence electrons. The first-order valence-corrected chi connectivity index (χ1v) is 10.9. The molecule has 0 fully saturated rings. The van der Waals surface area contributed by atoms with Crippen LogP contribution in [0.5, 0.6) is 0 Å². The number of nitrogens with zero attached hydrogens (tertiary/aromatic N) is 4. The second-order valence-electron chi connectivity index (χ2n) is 7.30. The summed E-state index contributed by atoms with van der Waals surface area (Å²) in [4.78, 5) is 2.15. The molecule has 0 spiro atoms. The first-order valence-electron chi connectivity index (χ1n) is 9.94. The summed E-state index contributed by atoms with van der Waals surface area (Å²) in [6, 6.07) is 29.3. The molecular formula is C25H22N4S. The Bertz CT molecular complexity index is 1240. The van der Waals surface area contributed by atoms with Crippen LogP contribution in [-0.2, 0) is 0 Å². The number of fused-ring (bicyclic) bond motifs is 1. The number of hydrogen-bond donors (Lipinski definition) is 0. The highest BCUT2D eigenvalue weighted by Crippen LogP contribution is 2.43. The van der Waals surface area contributed by atoms with E-state index in [2.05, 4.69) is 102 Å². The lowest BCUT2D eigenvalue weighted by Crippen LogP contribution is -2.20. The molecule has 1 aromatic heterocycles. The van der Waals surface area contributed by atoms with Gasteiger partial charge in [-0.3, -0.25) is 0 Å². The van der Waals surface area contributed by atoms with E-state index in [1.807, 2.05) is 12.1 Å². The second kappa shape index (κ2) is 7.84. The minimum atomic E-state index is -0.0348. The average Bonchev–Trinajstić information content (AvgIpc) is 3.30. The molecule has 3 aromatic carbocycles. The van der Waals surface area contributed by atoms with Gasteiger partial charge in [0.15, 0.2) is 5.50 Å². The normalized spacial score (nSPS) is 16.5. The highest BCUT2D eigenvalue weighted by atomic mass is 32.2. The van der Waals surface area contributed by atoms with Gasteiger partial charge in [0.1, 0.15) is 5.69 Å². The summed E-state index contributed by atoms with van der Waals surface area (Å²) in [6.07, 6.45) is 0. The topological polar surface area (TPSA) is 32.9 Å². The molecule has 4 aromatic rings. The minimum Gasteiger partial charge on any atom is -0.346 e. The summed E-state index contributed by atoms with van der Waals surface area (Å²) in [5, 5.41) is 12.8. The van der Waals surface area contributed by atoms with Crippen LogP contribution in [0.1, 0.15) is 6.92 Å². The molecule has 2 heterocycles. The highest BCUT2D eigenvalue weighted by Gasteiger charge is 2.23. The number of thioether (sulfide) groups is 1. The molecule has 1 aliphatic heterocycles. The van der Waals surface area contributed by atoms with Gasteiger partial charge >= 0.3 is 0 Å². The standard InChI is InChI=1S/C25H22N4S/c1-18-17-30-25(28(18)2)27-26-23-21-15-9-10-16-22(21)29(20-13-7-4-8-14-20)24(23)19-11-5-3-6-12-19/h3-17,25H,1-2H3. The summed E-state index contributed by atoms with van der Waals surface area (Å²) in [7, 11) is 2.06. The summed E-state index contributed by atoms with van der Waals surface area (Å²) >= 11 is 1.68. The molecule has 0 saturated heterocycles. The maximum atomic E-state index is 4.83. The van der Waals surface area contributed by atoms with Crippen LogP contribution in [0.3, 0.4) is 0 Å². The van der Waals surface area contributed by atoms with Gasteiger partial charge in [-0.25, -0.2) is 0 Å². The molecule has 5 heteroatoms. The lowest BCUT2D eigenvalue weighted by molar-refractivity contribution is 0.403. The lowest BCUT2D eigenvalue weighted by Gasteiger charge is -2.17. The highest BCUT2D eigenvalue weighted by molar-refractivity contribution is 8.02. The Morgan fingerprint density at radius 3 is 2.20 bits per heavy atom. The van der Waals surface area contributed by atoms with Crippen LogP contribution in [0.2, 0.25) is 0 Å². The third-order valence-corrected chi connectivity index (χ3v) is 6.55. The van der Waals surface area contributed by atoms with Crippen LogP contribution < -0.4 is 0 Å². The van der Waals surface area contributed by atoms with E-state index >= 15 is 0 Å². The number of benzene rings is 3.